The second kappa shape index (κ2) is 8.44. The molecule has 0 radical (unpaired) electrons. The van der Waals surface area contributed by atoms with Crippen molar-refractivity contribution in [3.8, 4) is 0 Å². The largest absolute Gasteiger partial charge is 0.342 e. The molecule has 1 saturated carbocycles. The van der Waals surface area contributed by atoms with Gasteiger partial charge in [0.05, 0.1) is 5.92 Å². The number of rotatable bonds is 2. The van der Waals surface area contributed by atoms with Crippen molar-refractivity contribution in [1.29, 1.82) is 0 Å². The van der Waals surface area contributed by atoms with E-state index in [0.29, 0.717) is 5.92 Å². The first-order valence-electron chi connectivity index (χ1n) is 9.56. The molecule has 8 heteroatoms. The minimum atomic E-state index is -0.349. The third kappa shape index (κ3) is 3.87. The lowest BCUT2D eigenvalue weighted by Crippen LogP contribution is -2.55. The minimum absolute atomic E-state index is 0. The van der Waals surface area contributed by atoms with Crippen molar-refractivity contribution in [2.24, 2.45) is 11.7 Å². The highest BCUT2D eigenvalue weighted by Crippen LogP contribution is 2.35. The van der Waals surface area contributed by atoms with E-state index in [1.165, 1.54) is 6.42 Å². The molecular formula is C18H31Cl2N5O. The smallest absolute Gasteiger partial charge is 0.227 e. The van der Waals surface area contributed by atoms with Gasteiger partial charge in [-0.1, -0.05) is 12.8 Å². The third-order valence-electron chi connectivity index (χ3n) is 6.29. The van der Waals surface area contributed by atoms with E-state index in [1.807, 2.05) is 0 Å². The van der Waals surface area contributed by atoms with Gasteiger partial charge in [0.25, 0.3) is 0 Å². The summed E-state index contributed by atoms with van der Waals surface area (Å²) >= 11 is 0. The number of aromatic nitrogens is 3. The van der Waals surface area contributed by atoms with Crippen molar-refractivity contribution in [1.82, 2.24) is 19.7 Å². The molecular weight excluding hydrogens is 373 g/mol. The van der Waals surface area contributed by atoms with E-state index in [-0.39, 0.29) is 42.2 Å². The Morgan fingerprint density at radius 1 is 1.12 bits per heavy atom. The van der Waals surface area contributed by atoms with Crippen LogP contribution < -0.4 is 5.73 Å². The molecule has 1 saturated heterocycles. The van der Waals surface area contributed by atoms with Crippen LogP contribution in [0, 0.1) is 5.92 Å². The van der Waals surface area contributed by atoms with Gasteiger partial charge in [0.2, 0.25) is 5.91 Å². The number of halogens is 2. The number of fused-ring (bicyclic) bond motifs is 1. The molecule has 0 bridgehead atoms. The van der Waals surface area contributed by atoms with Crippen LogP contribution in [0.3, 0.4) is 0 Å². The topological polar surface area (TPSA) is 77.0 Å². The molecule has 2 aliphatic heterocycles. The zero-order valence-corrected chi connectivity index (χ0v) is 17.2. The number of nitrogens with zero attached hydrogens (tertiary/aromatic N) is 4. The summed E-state index contributed by atoms with van der Waals surface area (Å²) in [6, 6.07) is 0. The van der Waals surface area contributed by atoms with Crippen LogP contribution >= 0.6 is 24.8 Å². The molecule has 0 aromatic carbocycles. The summed E-state index contributed by atoms with van der Waals surface area (Å²) in [5, 5.41) is 8.79. The van der Waals surface area contributed by atoms with Gasteiger partial charge in [-0.3, -0.25) is 4.79 Å². The average Bonchev–Trinajstić information content (AvgIpc) is 3.17. The predicted molar refractivity (Wildman–Crippen MR) is 106 cm³/mol. The first-order valence-corrected chi connectivity index (χ1v) is 9.56. The van der Waals surface area contributed by atoms with Gasteiger partial charge in [0.15, 0.2) is 0 Å². The van der Waals surface area contributed by atoms with Gasteiger partial charge in [0, 0.05) is 37.5 Å². The SMILES string of the molecule is CC1(N)CCCCC1C(=O)N1CCCC(c2nnc3n2CCC3)C1.Cl.Cl. The van der Waals surface area contributed by atoms with E-state index in [1.54, 1.807) is 0 Å². The Morgan fingerprint density at radius 3 is 2.69 bits per heavy atom. The lowest BCUT2D eigenvalue weighted by Gasteiger charge is -2.42. The number of nitrogens with two attached hydrogens (primary N) is 1. The second-order valence-corrected chi connectivity index (χ2v) is 8.16. The summed E-state index contributed by atoms with van der Waals surface area (Å²) in [5.41, 5.74) is 6.11. The van der Waals surface area contributed by atoms with Gasteiger partial charge < -0.3 is 15.2 Å². The van der Waals surface area contributed by atoms with Gasteiger partial charge >= 0.3 is 0 Å². The maximum absolute atomic E-state index is 13.1. The first kappa shape index (κ1) is 21.5. The molecule has 1 aromatic rings. The fourth-order valence-corrected chi connectivity index (χ4v) is 4.85. The van der Waals surface area contributed by atoms with E-state index in [9.17, 15) is 4.79 Å². The van der Waals surface area contributed by atoms with Crippen molar-refractivity contribution in [3.63, 3.8) is 0 Å². The van der Waals surface area contributed by atoms with E-state index >= 15 is 0 Å². The van der Waals surface area contributed by atoms with Crippen LogP contribution in [0.5, 0.6) is 0 Å². The fraction of sp³-hybridized carbons (Fsp3) is 0.833. The van der Waals surface area contributed by atoms with Crippen molar-refractivity contribution in [3.05, 3.63) is 11.6 Å². The van der Waals surface area contributed by atoms with Gasteiger partial charge in [-0.15, -0.1) is 35.0 Å². The highest BCUT2D eigenvalue weighted by Gasteiger charge is 2.41. The molecule has 3 heterocycles. The number of aryl methyl sites for hydroxylation is 1. The van der Waals surface area contributed by atoms with Crippen molar-refractivity contribution in [2.75, 3.05) is 13.1 Å². The number of hydrogen-bond donors (Lipinski definition) is 1. The van der Waals surface area contributed by atoms with E-state index in [2.05, 4.69) is 26.6 Å². The molecule has 2 N–H and O–H groups in total. The van der Waals surface area contributed by atoms with Crippen LogP contribution in [0.15, 0.2) is 0 Å². The summed E-state index contributed by atoms with van der Waals surface area (Å²) in [5.74, 6) is 2.80. The molecule has 1 aromatic heterocycles. The summed E-state index contributed by atoms with van der Waals surface area (Å²) in [6.45, 7) is 4.74. The normalized spacial score (nSPS) is 30.9. The summed E-state index contributed by atoms with van der Waals surface area (Å²) < 4.78 is 2.28. The van der Waals surface area contributed by atoms with E-state index in [0.717, 1.165) is 76.2 Å². The maximum Gasteiger partial charge on any atom is 0.227 e. The molecule has 3 atom stereocenters. The van der Waals surface area contributed by atoms with Crippen LogP contribution in [0.4, 0.5) is 0 Å². The summed E-state index contributed by atoms with van der Waals surface area (Å²) in [7, 11) is 0. The summed E-state index contributed by atoms with van der Waals surface area (Å²) in [4.78, 5) is 15.2. The number of carbonyl (C=O) groups excluding carboxylic acids is 1. The minimum Gasteiger partial charge on any atom is -0.342 e. The van der Waals surface area contributed by atoms with Gasteiger partial charge in [-0.05, 0) is 39.0 Å². The first-order chi connectivity index (χ1) is 11.6. The molecule has 3 aliphatic rings. The Hall–Kier alpha value is -0.850. The molecule has 6 nitrogen and oxygen atoms in total. The average molecular weight is 404 g/mol. The van der Waals surface area contributed by atoms with Crippen molar-refractivity contribution < 1.29 is 4.79 Å². The number of likely N-dealkylation sites (tertiary alicyclic amines) is 1. The molecule has 26 heavy (non-hydrogen) atoms. The molecule has 3 unspecified atom stereocenters. The van der Waals surface area contributed by atoms with Crippen molar-refractivity contribution in [2.45, 2.75) is 76.3 Å². The molecule has 1 amide bonds. The van der Waals surface area contributed by atoms with Crippen LogP contribution in [0.25, 0.3) is 0 Å². The number of amides is 1. The Bertz CT molecular complexity index is 633. The Labute approximate surface area is 168 Å². The van der Waals surface area contributed by atoms with Crippen LogP contribution in [0.1, 0.15) is 69.4 Å². The number of hydrogen-bond acceptors (Lipinski definition) is 4. The number of carbonyl (C=O) groups is 1. The predicted octanol–water partition coefficient (Wildman–Crippen LogP) is 2.68. The Morgan fingerprint density at radius 2 is 1.92 bits per heavy atom. The molecule has 0 spiro atoms. The van der Waals surface area contributed by atoms with Crippen molar-refractivity contribution >= 4 is 30.7 Å². The highest BCUT2D eigenvalue weighted by atomic mass is 35.5. The molecule has 4 rings (SSSR count). The fourth-order valence-electron chi connectivity index (χ4n) is 4.85. The summed E-state index contributed by atoms with van der Waals surface area (Å²) in [6.07, 6.45) is 8.52. The maximum atomic E-state index is 13.1. The Balaban J connectivity index is 0.00000121. The number of piperidine rings is 1. The van der Waals surface area contributed by atoms with Crippen LogP contribution in [-0.4, -0.2) is 44.2 Å². The monoisotopic (exact) mass is 403 g/mol. The van der Waals surface area contributed by atoms with Gasteiger partial charge in [-0.25, -0.2) is 0 Å². The standard InChI is InChI=1S/C18H29N5O.2ClH/c1-18(19)9-3-2-7-14(18)17(24)22-10-4-6-13(12-22)16-21-20-15-8-5-11-23(15)16;;/h13-14H,2-12,19H2,1H3;2*1H. The lowest BCUT2D eigenvalue weighted by molar-refractivity contribution is -0.140. The molecule has 2 fully saturated rings. The quantitative estimate of drug-likeness (QED) is 0.822. The zero-order chi connectivity index (χ0) is 16.7. The second-order valence-electron chi connectivity index (χ2n) is 8.16. The Kier molecular flexibility index (Phi) is 6.97. The van der Waals surface area contributed by atoms with E-state index < -0.39 is 0 Å². The third-order valence-corrected chi connectivity index (χ3v) is 6.29. The van der Waals surface area contributed by atoms with E-state index in [4.69, 9.17) is 5.73 Å². The zero-order valence-electron chi connectivity index (χ0n) is 15.5. The van der Waals surface area contributed by atoms with Crippen LogP contribution in [-0.2, 0) is 17.8 Å². The highest BCUT2D eigenvalue weighted by molar-refractivity contribution is 5.85. The molecule has 1 aliphatic carbocycles. The van der Waals surface area contributed by atoms with Crippen LogP contribution in [0.2, 0.25) is 0 Å². The van der Waals surface area contributed by atoms with Gasteiger partial charge in [-0.2, -0.15) is 0 Å². The van der Waals surface area contributed by atoms with Gasteiger partial charge in [0.1, 0.15) is 11.6 Å². The lowest BCUT2D eigenvalue weighted by atomic mass is 9.73. The molecule has 148 valence electrons.